The van der Waals surface area contributed by atoms with Gasteiger partial charge in [-0.15, -0.1) is 0 Å². The van der Waals surface area contributed by atoms with Crippen molar-refractivity contribution in [2.45, 2.75) is 26.7 Å². The molecule has 1 aromatic rings. The highest BCUT2D eigenvalue weighted by atomic mass is 15.2. The van der Waals surface area contributed by atoms with Crippen molar-refractivity contribution in [1.29, 1.82) is 0 Å². The fourth-order valence-electron chi connectivity index (χ4n) is 2.09. The van der Waals surface area contributed by atoms with E-state index >= 15 is 0 Å². The van der Waals surface area contributed by atoms with E-state index in [0.717, 1.165) is 13.1 Å². The second-order valence-corrected chi connectivity index (χ2v) is 4.18. The normalized spacial score (nSPS) is 16.1. The van der Waals surface area contributed by atoms with E-state index in [2.05, 4.69) is 40.5 Å². The molecule has 2 heteroatoms. The molecule has 1 aromatic carbocycles. The maximum Gasteiger partial charge on any atom is 0.0107 e. The number of piperazine rings is 1. The first kappa shape index (κ1) is 14.2. The lowest BCUT2D eigenvalue weighted by molar-refractivity contribution is 0.238. The number of nitrogens with zero attached hydrogens (tertiary/aromatic N) is 1. The molecule has 0 saturated carbocycles. The van der Waals surface area contributed by atoms with Crippen LogP contribution in [0.4, 0.5) is 0 Å². The van der Waals surface area contributed by atoms with Crippen molar-refractivity contribution in [2.75, 3.05) is 32.7 Å². The summed E-state index contributed by atoms with van der Waals surface area (Å²) in [5.41, 5.74) is 1.47. The summed E-state index contributed by atoms with van der Waals surface area (Å²) < 4.78 is 0. The lowest BCUT2D eigenvalue weighted by atomic mass is 10.1. The number of benzene rings is 1. The van der Waals surface area contributed by atoms with E-state index in [-0.39, 0.29) is 0 Å². The monoisotopic (exact) mass is 234 g/mol. The summed E-state index contributed by atoms with van der Waals surface area (Å²) in [6, 6.07) is 10.8. The molecular weight excluding hydrogens is 208 g/mol. The van der Waals surface area contributed by atoms with Crippen molar-refractivity contribution in [3.8, 4) is 0 Å². The van der Waals surface area contributed by atoms with Gasteiger partial charge in [-0.1, -0.05) is 44.2 Å². The van der Waals surface area contributed by atoms with Gasteiger partial charge in [-0.2, -0.15) is 0 Å². The molecule has 17 heavy (non-hydrogen) atoms. The van der Waals surface area contributed by atoms with E-state index in [1.54, 1.807) is 0 Å². The Morgan fingerprint density at radius 3 is 2.35 bits per heavy atom. The molecule has 1 aliphatic heterocycles. The minimum atomic E-state index is 1.16. The SMILES string of the molecule is CC.c1ccc(CCCN2CCNCC2)cc1. The number of aryl methyl sites for hydroxylation is 1. The topological polar surface area (TPSA) is 15.3 Å². The van der Waals surface area contributed by atoms with Crippen LogP contribution in [0.3, 0.4) is 0 Å². The summed E-state index contributed by atoms with van der Waals surface area (Å²) in [4.78, 5) is 2.56. The van der Waals surface area contributed by atoms with Crippen LogP contribution in [0.25, 0.3) is 0 Å². The minimum absolute atomic E-state index is 1.16. The van der Waals surface area contributed by atoms with Crippen molar-refractivity contribution < 1.29 is 0 Å². The molecule has 96 valence electrons. The Morgan fingerprint density at radius 1 is 1.06 bits per heavy atom. The third kappa shape index (κ3) is 5.85. The summed E-state index contributed by atoms with van der Waals surface area (Å²) in [5, 5.41) is 3.38. The van der Waals surface area contributed by atoms with Crippen LogP contribution in [0.15, 0.2) is 30.3 Å². The van der Waals surface area contributed by atoms with Crippen molar-refractivity contribution in [3.63, 3.8) is 0 Å². The second kappa shape index (κ2) is 9.20. The average Bonchev–Trinajstić information content (AvgIpc) is 2.43. The molecule has 0 aliphatic carbocycles. The largest absolute Gasteiger partial charge is 0.314 e. The molecule has 0 unspecified atom stereocenters. The molecule has 1 heterocycles. The molecule has 0 spiro atoms. The van der Waals surface area contributed by atoms with Crippen LogP contribution >= 0.6 is 0 Å². The van der Waals surface area contributed by atoms with Gasteiger partial charge in [-0.3, -0.25) is 0 Å². The molecular formula is C15H26N2. The zero-order chi connectivity index (χ0) is 12.3. The van der Waals surface area contributed by atoms with Gasteiger partial charge in [0.2, 0.25) is 0 Å². The standard InChI is InChI=1S/C13H20N2.C2H6/c1-2-5-13(6-3-1)7-4-10-15-11-8-14-9-12-15;1-2/h1-3,5-6,14H,4,7-12H2;1-2H3. The van der Waals surface area contributed by atoms with Crippen molar-refractivity contribution in [2.24, 2.45) is 0 Å². The number of hydrogen-bond acceptors (Lipinski definition) is 2. The van der Waals surface area contributed by atoms with E-state index in [1.807, 2.05) is 13.8 Å². The van der Waals surface area contributed by atoms with Gasteiger partial charge in [-0.25, -0.2) is 0 Å². The van der Waals surface area contributed by atoms with Crippen molar-refractivity contribution in [3.05, 3.63) is 35.9 Å². The first-order valence-corrected chi connectivity index (χ1v) is 6.92. The first-order chi connectivity index (χ1) is 8.45. The van der Waals surface area contributed by atoms with E-state index in [4.69, 9.17) is 0 Å². The molecule has 1 fully saturated rings. The highest BCUT2D eigenvalue weighted by Crippen LogP contribution is 2.03. The quantitative estimate of drug-likeness (QED) is 0.861. The molecule has 1 saturated heterocycles. The smallest absolute Gasteiger partial charge is 0.0107 e. The third-order valence-corrected chi connectivity index (χ3v) is 2.99. The molecule has 0 aromatic heterocycles. The lowest BCUT2D eigenvalue weighted by Gasteiger charge is -2.27. The van der Waals surface area contributed by atoms with E-state index in [1.165, 1.54) is 38.0 Å². The van der Waals surface area contributed by atoms with Gasteiger partial charge >= 0.3 is 0 Å². The van der Waals surface area contributed by atoms with Crippen LogP contribution in [0.1, 0.15) is 25.8 Å². The third-order valence-electron chi connectivity index (χ3n) is 2.99. The summed E-state index contributed by atoms with van der Waals surface area (Å²) in [7, 11) is 0. The maximum atomic E-state index is 3.38. The zero-order valence-corrected chi connectivity index (χ0v) is 11.3. The highest BCUT2D eigenvalue weighted by Gasteiger charge is 2.07. The number of nitrogens with one attached hydrogen (secondary N) is 1. The lowest BCUT2D eigenvalue weighted by Crippen LogP contribution is -2.43. The predicted octanol–water partition coefficient (Wildman–Crippen LogP) is 2.55. The van der Waals surface area contributed by atoms with E-state index < -0.39 is 0 Å². The molecule has 1 aliphatic rings. The summed E-state index contributed by atoms with van der Waals surface area (Å²) in [6.07, 6.45) is 2.49. The van der Waals surface area contributed by atoms with Gasteiger partial charge < -0.3 is 10.2 Å². The van der Waals surface area contributed by atoms with Crippen molar-refractivity contribution in [1.82, 2.24) is 10.2 Å². The summed E-state index contributed by atoms with van der Waals surface area (Å²) in [6.45, 7) is 10.00. The van der Waals surface area contributed by atoms with Crippen LogP contribution in [0.5, 0.6) is 0 Å². The van der Waals surface area contributed by atoms with Crippen LogP contribution in [0, 0.1) is 0 Å². The maximum absolute atomic E-state index is 3.38. The molecule has 1 N–H and O–H groups in total. The number of rotatable bonds is 4. The molecule has 0 radical (unpaired) electrons. The average molecular weight is 234 g/mol. The molecule has 2 nitrogen and oxygen atoms in total. The highest BCUT2D eigenvalue weighted by molar-refractivity contribution is 5.14. The van der Waals surface area contributed by atoms with Gasteiger partial charge in [-0.05, 0) is 24.9 Å². The molecule has 0 amide bonds. The van der Waals surface area contributed by atoms with Gasteiger partial charge in [0.05, 0.1) is 0 Å². The Kier molecular flexibility index (Phi) is 7.69. The second-order valence-electron chi connectivity index (χ2n) is 4.18. The Morgan fingerprint density at radius 2 is 1.71 bits per heavy atom. The van der Waals surface area contributed by atoms with Crippen LogP contribution in [-0.4, -0.2) is 37.6 Å². The Hall–Kier alpha value is -0.860. The predicted molar refractivity (Wildman–Crippen MR) is 75.4 cm³/mol. The van der Waals surface area contributed by atoms with Gasteiger partial charge in [0.15, 0.2) is 0 Å². The number of hydrogen-bond donors (Lipinski definition) is 1. The van der Waals surface area contributed by atoms with Crippen LogP contribution < -0.4 is 5.32 Å². The van der Waals surface area contributed by atoms with E-state index in [9.17, 15) is 0 Å². The Bertz CT molecular complexity index is 266. The fraction of sp³-hybridized carbons (Fsp3) is 0.600. The van der Waals surface area contributed by atoms with Gasteiger partial charge in [0.25, 0.3) is 0 Å². The van der Waals surface area contributed by atoms with Gasteiger partial charge in [0.1, 0.15) is 0 Å². The summed E-state index contributed by atoms with van der Waals surface area (Å²) in [5.74, 6) is 0. The Labute approximate surface area is 106 Å². The fourth-order valence-corrected chi connectivity index (χ4v) is 2.09. The molecule has 0 atom stereocenters. The molecule has 0 bridgehead atoms. The zero-order valence-electron chi connectivity index (χ0n) is 11.3. The van der Waals surface area contributed by atoms with E-state index in [0.29, 0.717) is 0 Å². The summed E-state index contributed by atoms with van der Waals surface area (Å²) >= 11 is 0. The first-order valence-electron chi connectivity index (χ1n) is 6.92. The van der Waals surface area contributed by atoms with Crippen LogP contribution in [-0.2, 0) is 6.42 Å². The van der Waals surface area contributed by atoms with Crippen molar-refractivity contribution >= 4 is 0 Å². The minimum Gasteiger partial charge on any atom is -0.314 e. The van der Waals surface area contributed by atoms with Gasteiger partial charge in [0, 0.05) is 26.2 Å². The molecule has 2 rings (SSSR count). The van der Waals surface area contributed by atoms with Crippen LogP contribution in [0.2, 0.25) is 0 Å². The Balaban J connectivity index is 0.000000686.